The molecule has 0 heterocycles. The highest BCUT2D eigenvalue weighted by Gasteiger charge is 2.31. The molecule has 0 saturated heterocycles. The normalized spacial score (nSPS) is 13.2. The Balaban J connectivity index is 1.82. The predicted octanol–water partition coefficient (Wildman–Crippen LogP) is 4.15. The van der Waals surface area contributed by atoms with Gasteiger partial charge in [-0.15, -0.1) is 0 Å². The standard InChI is InChI=1S/C26H22FNO5/c27-19-7-9-20(10-8-19)28-26(33)25(23(31)15-5-17-1-11-21(29)12-2-17)24(32)16-6-18-3-13-22(30)14-4-18/h1-16,25-26,28-30,33H. The van der Waals surface area contributed by atoms with Crippen molar-refractivity contribution in [1.82, 2.24) is 0 Å². The van der Waals surface area contributed by atoms with Gasteiger partial charge in [-0.25, -0.2) is 4.39 Å². The Bertz CT molecular complexity index is 1090. The third-order valence-electron chi connectivity index (χ3n) is 4.75. The zero-order valence-electron chi connectivity index (χ0n) is 17.4. The topological polar surface area (TPSA) is 107 Å². The van der Waals surface area contributed by atoms with E-state index in [0.717, 1.165) is 0 Å². The van der Waals surface area contributed by atoms with E-state index >= 15 is 0 Å². The number of halogens is 1. The number of phenolic OH excluding ortho intramolecular Hbond substituents is 2. The zero-order chi connectivity index (χ0) is 23.8. The molecule has 3 aromatic carbocycles. The van der Waals surface area contributed by atoms with E-state index in [1.165, 1.54) is 72.8 Å². The Morgan fingerprint density at radius 3 is 1.58 bits per heavy atom. The molecule has 0 amide bonds. The van der Waals surface area contributed by atoms with Crippen molar-refractivity contribution in [2.45, 2.75) is 6.23 Å². The monoisotopic (exact) mass is 447 g/mol. The van der Waals surface area contributed by atoms with Gasteiger partial charge in [0.2, 0.25) is 0 Å². The van der Waals surface area contributed by atoms with Crippen molar-refractivity contribution in [3.63, 3.8) is 0 Å². The molecule has 168 valence electrons. The van der Waals surface area contributed by atoms with Crippen LogP contribution in [0.4, 0.5) is 10.1 Å². The summed E-state index contributed by atoms with van der Waals surface area (Å²) in [6.45, 7) is 0. The molecule has 4 N–H and O–H groups in total. The molecule has 6 nitrogen and oxygen atoms in total. The molecule has 3 aromatic rings. The number of hydrogen-bond acceptors (Lipinski definition) is 6. The Hall–Kier alpha value is -4.23. The number of benzene rings is 3. The van der Waals surface area contributed by atoms with Crippen molar-refractivity contribution >= 4 is 29.4 Å². The summed E-state index contributed by atoms with van der Waals surface area (Å²) in [5.41, 5.74) is 1.57. The predicted molar refractivity (Wildman–Crippen MR) is 124 cm³/mol. The number of ketones is 2. The molecule has 0 bridgehead atoms. The molecule has 33 heavy (non-hydrogen) atoms. The summed E-state index contributed by atoms with van der Waals surface area (Å²) in [6.07, 6.45) is 3.72. The summed E-state index contributed by atoms with van der Waals surface area (Å²) in [5.74, 6) is -3.09. The maximum Gasteiger partial charge on any atom is 0.171 e. The Kier molecular flexibility index (Phi) is 7.73. The third kappa shape index (κ3) is 6.88. The van der Waals surface area contributed by atoms with Gasteiger partial charge < -0.3 is 20.6 Å². The molecule has 0 aromatic heterocycles. The number of allylic oxidation sites excluding steroid dienone is 2. The first-order valence-electron chi connectivity index (χ1n) is 10.0. The molecule has 0 spiro atoms. The lowest BCUT2D eigenvalue weighted by molar-refractivity contribution is -0.131. The lowest BCUT2D eigenvalue weighted by Gasteiger charge is -2.20. The number of carbonyl (C=O) groups excluding carboxylic acids is 2. The van der Waals surface area contributed by atoms with Crippen LogP contribution in [0, 0.1) is 11.7 Å². The van der Waals surface area contributed by atoms with Crippen LogP contribution in [-0.4, -0.2) is 33.1 Å². The van der Waals surface area contributed by atoms with Gasteiger partial charge in [0.1, 0.15) is 29.5 Å². The molecule has 1 atom stereocenters. The molecule has 0 radical (unpaired) electrons. The van der Waals surface area contributed by atoms with Gasteiger partial charge in [-0.05, 0) is 71.8 Å². The molecule has 0 aliphatic rings. The number of hydrogen-bond donors (Lipinski definition) is 4. The number of aliphatic hydroxyl groups is 1. The molecular weight excluding hydrogens is 425 g/mol. The first-order chi connectivity index (χ1) is 15.8. The molecule has 7 heteroatoms. The lowest BCUT2D eigenvalue weighted by Crippen LogP contribution is -2.38. The van der Waals surface area contributed by atoms with E-state index in [4.69, 9.17) is 0 Å². The van der Waals surface area contributed by atoms with Crippen molar-refractivity contribution in [1.29, 1.82) is 0 Å². The maximum atomic E-state index is 13.2. The highest BCUT2D eigenvalue weighted by Crippen LogP contribution is 2.18. The van der Waals surface area contributed by atoms with Gasteiger partial charge in [0, 0.05) is 5.69 Å². The molecule has 3 rings (SSSR count). The maximum absolute atomic E-state index is 13.2. The van der Waals surface area contributed by atoms with E-state index in [0.29, 0.717) is 16.8 Å². The molecular formula is C26H22FNO5. The van der Waals surface area contributed by atoms with E-state index in [-0.39, 0.29) is 11.5 Å². The Morgan fingerprint density at radius 2 is 1.15 bits per heavy atom. The number of aromatic hydroxyl groups is 2. The zero-order valence-corrected chi connectivity index (χ0v) is 17.4. The van der Waals surface area contributed by atoms with Gasteiger partial charge in [0.05, 0.1) is 0 Å². The van der Waals surface area contributed by atoms with Crippen LogP contribution in [0.1, 0.15) is 11.1 Å². The summed E-state index contributed by atoms with van der Waals surface area (Å²) in [7, 11) is 0. The fourth-order valence-electron chi connectivity index (χ4n) is 2.99. The van der Waals surface area contributed by atoms with Crippen molar-refractivity contribution < 1.29 is 29.3 Å². The van der Waals surface area contributed by atoms with E-state index in [9.17, 15) is 29.3 Å². The summed E-state index contributed by atoms with van der Waals surface area (Å²) in [4.78, 5) is 25.8. The van der Waals surface area contributed by atoms with Crippen LogP contribution in [0.15, 0.2) is 84.9 Å². The van der Waals surface area contributed by atoms with Gasteiger partial charge in [-0.3, -0.25) is 9.59 Å². The SMILES string of the molecule is O=C(C=Cc1ccc(O)cc1)C(C(=O)C=Cc1ccc(O)cc1)C(O)Nc1ccc(F)cc1. The number of aliphatic hydroxyl groups excluding tert-OH is 1. The average Bonchev–Trinajstić information content (AvgIpc) is 2.80. The van der Waals surface area contributed by atoms with Crippen molar-refractivity contribution in [3.05, 3.63) is 102 Å². The number of carbonyl (C=O) groups is 2. The Labute approximate surface area is 190 Å². The summed E-state index contributed by atoms with van der Waals surface area (Å²) < 4.78 is 13.2. The molecule has 0 aliphatic carbocycles. The van der Waals surface area contributed by atoms with E-state index in [1.807, 2.05) is 0 Å². The number of nitrogens with one attached hydrogen (secondary N) is 1. The van der Waals surface area contributed by atoms with Crippen LogP contribution in [0.2, 0.25) is 0 Å². The quantitative estimate of drug-likeness (QED) is 0.223. The van der Waals surface area contributed by atoms with Crippen LogP contribution in [0.3, 0.4) is 0 Å². The molecule has 0 saturated carbocycles. The van der Waals surface area contributed by atoms with Gasteiger partial charge >= 0.3 is 0 Å². The van der Waals surface area contributed by atoms with Crippen molar-refractivity contribution in [2.24, 2.45) is 5.92 Å². The van der Waals surface area contributed by atoms with Gasteiger partial charge in [-0.1, -0.05) is 36.4 Å². The van der Waals surface area contributed by atoms with Crippen molar-refractivity contribution in [2.75, 3.05) is 5.32 Å². The number of rotatable bonds is 9. The fraction of sp³-hybridized carbons (Fsp3) is 0.0769. The minimum absolute atomic E-state index is 0.0739. The third-order valence-corrected chi connectivity index (χ3v) is 4.75. The van der Waals surface area contributed by atoms with Gasteiger partial charge in [-0.2, -0.15) is 0 Å². The minimum Gasteiger partial charge on any atom is -0.508 e. The highest BCUT2D eigenvalue weighted by molar-refractivity contribution is 6.14. The second-order valence-electron chi connectivity index (χ2n) is 7.23. The second kappa shape index (κ2) is 10.9. The van der Waals surface area contributed by atoms with Crippen LogP contribution < -0.4 is 5.32 Å². The lowest BCUT2D eigenvalue weighted by atomic mass is 9.94. The average molecular weight is 447 g/mol. The Morgan fingerprint density at radius 1 is 0.727 bits per heavy atom. The highest BCUT2D eigenvalue weighted by atomic mass is 19.1. The van der Waals surface area contributed by atoms with Crippen molar-refractivity contribution in [3.8, 4) is 11.5 Å². The first kappa shape index (κ1) is 23.4. The van der Waals surface area contributed by atoms with Gasteiger partial charge in [0.25, 0.3) is 0 Å². The summed E-state index contributed by atoms with van der Waals surface area (Å²) >= 11 is 0. The second-order valence-corrected chi connectivity index (χ2v) is 7.23. The smallest absolute Gasteiger partial charge is 0.171 e. The first-order valence-corrected chi connectivity index (χ1v) is 10.0. The fourth-order valence-corrected chi connectivity index (χ4v) is 2.99. The molecule has 1 unspecified atom stereocenters. The number of anilines is 1. The van der Waals surface area contributed by atoms with Crippen LogP contribution >= 0.6 is 0 Å². The molecule has 0 fully saturated rings. The summed E-state index contributed by atoms with van der Waals surface area (Å²) in [6, 6.07) is 17.3. The van der Waals surface area contributed by atoms with Crippen LogP contribution in [0.25, 0.3) is 12.2 Å². The number of phenols is 2. The van der Waals surface area contributed by atoms with Gasteiger partial charge in [0.15, 0.2) is 11.6 Å². The van der Waals surface area contributed by atoms with E-state index in [1.54, 1.807) is 24.3 Å². The minimum atomic E-state index is -1.58. The van der Waals surface area contributed by atoms with E-state index < -0.39 is 29.5 Å². The van der Waals surface area contributed by atoms with E-state index in [2.05, 4.69) is 5.32 Å². The largest absolute Gasteiger partial charge is 0.508 e. The van der Waals surface area contributed by atoms with Crippen LogP contribution in [-0.2, 0) is 9.59 Å². The molecule has 0 aliphatic heterocycles. The summed E-state index contributed by atoms with van der Waals surface area (Å²) in [5, 5.41) is 32.1. The van der Waals surface area contributed by atoms with Crippen LogP contribution in [0.5, 0.6) is 11.5 Å².